The van der Waals surface area contributed by atoms with E-state index >= 15 is 0 Å². The van der Waals surface area contributed by atoms with E-state index in [0.29, 0.717) is 5.88 Å². The van der Waals surface area contributed by atoms with E-state index in [1.165, 1.54) is 11.7 Å². The van der Waals surface area contributed by atoms with Crippen LogP contribution in [0.25, 0.3) is 0 Å². The van der Waals surface area contributed by atoms with Crippen molar-refractivity contribution in [1.29, 1.82) is 0 Å². The van der Waals surface area contributed by atoms with E-state index in [0.717, 1.165) is 24.5 Å². The van der Waals surface area contributed by atoms with Crippen molar-refractivity contribution in [3.05, 3.63) is 0 Å². The van der Waals surface area contributed by atoms with Gasteiger partial charge in [-0.3, -0.25) is 0 Å². The Bertz CT molecular complexity index is 227. The van der Waals surface area contributed by atoms with Crippen molar-refractivity contribution in [1.82, 2.24) is 8.75 Å². The minimum atomic E-state index is 0.695. The van der Waals surface area contributed by atoms with Gasteiger partial charge in [-0.25, -0.2) is 0 Å². The second-order valence-corrected chi connectivity index (χ2v) is 3.60. The summed E-state index contributed by atoms with van der Waals surface area (Å²) >= 11 is 2.77. The van der Waals surface area contributed by atoms with Gasteiger partial charge in [0.1, 0.15) is 0 Å². The van der Waals surface area contributed by atoms with Crippen LogP contribution in [-0.4, -0.2) is 21.6 Å². The van der Waals surface area contributed by atoms with Gasteiger partial charge >= 0.3 is 0 Å². The largest absolute Gasteiger partial charge is 0.475 e. The molecule has 0 atom stereocenters. The molecule has 1 aromatic heterocycles. The fourth-order valence-electron chi connectivity index (χ4n) is 0.699. The third-order valence-corrected chi connectivity index (χ3v) is 2.64. The molecule has 0 N–H and O–H groups in total. The highest BCUT2D eigenvalue weighted by molar-refractivity contribution is 7.98. The summed E-state index contributed by atoms with van der Waals surface area (Å²) in [5, 5.41) is 0.899. The highest BCUT2D eigenvalue weighted by Crippen LogP contribution is 2.24. The number of rotatable bonds is 5. The topological polar surface area (TPSA) is 35.0 Å². The number of nitrogens with zero attached hydrogens (tertiary/aromatic N) is 2. The molecule has 0 unspecified atom stereocenters. The van der Waals surface area contributed by atoms with Gasteiger partial charge in [0.2, 0.25) is 0 Å². The van der Waals surface area contributed by atoms with Crippen molar-refractivity contribution in [2.75, 3.05) is 12.9 Å². The molecule has 0 aliphatic carbocycles. The highest BCUT2D eigenvalue weighted by atomic mass is 32.2. The second-order valence-electron chi connectivity index (χ2n) is 2.28. The Kier molecular flexibility index (Phi) is 4.39. The molecule has 1 heterocycles. The number of hydrogen-bond acceptors (Lipinski definition) is 5. The number of unbranched alkanes of at least 4 members (excludes halogenated alkanes) is 1. The molecule has 12 heavy (non-hydrogen) atoms. The van der Waals surface area contributed by atoms with Crippen molar-refractivity contribution in [3.63, 3.8) is 0 Å². The fourth-order valence-corrected chi connectivity index (χ4v) is 1.84. The lowest BCUT2D eigenvalue weighted by Gasteiger charge is -2.00. The maximum Gasteiger partial charge on any atom is 0.260 e. The second kappa shape index (κ2) is 5.37. The van der Waals surface area contributed by atoms with Crippen LogP contribution in [0.1, 0.15) is 19.8 Å². The number of aromatic nitrogens is 2. The Balaban J connectivity index is 2.39. The van der Waals surface area contributed by atoms with Gasteiger partial charge in [0.15, 0.2) is 5.03 Å². The van der Waals surface area contributed by atoms with Crippen molar-refractivity contribution in [3.8, 4) is 5.88 Å². The summed E-state index contributed by atoms with van der Waals surface area (Å²) in [5.41, 5.74) is 0. The van der Waals surface area contributed by atoms with Gasteiger partial charge in [0, 0.05) is 0 Å². The van der Waals surface area contributed by atoms with Gasteiger partial charge in [0.05, 0.1) is 18.3 Å². The maximum atomic E-state index is 5.42. The van der Waals surface area contributed by atoms with Crippen LogP contribution in [0.15, 0.2) is 5.03 Å². The van der Waals surface area contributed by atoms with Gasteiger partial charge in [-0.2, -0.15) is 4.37 Å². The summed E-state index contributed by atoms with van der Waals surface area (Å²) in [6.07, 6.45) is 4.20. The molecule has 0 amide bonds. The van der Waals surface area contributed by atoms with E-state index in [1.807, 2.05) is 6.26 Å². The minimum Gasteiger partial charge on any atom is -0.475 e. The molecule has 0 fully saturated rings. The molecule has 0 radical (unpaired) electrons. The third-order valence-electron chi connectivity index (χ3n) is 1.36. The molecule has 0 aliphatic rings. The summed E-state index contributed by atoms with van der Waals surface area (Å²) in [6.45, 7) is 2.88. The average Bonchev–Trinajstić information content (AvgIpc) is 2.52. The number of hydrogen-bond donors (Lipinski definition) is 0. The summed E-state index contributed by atoms with van der Waals surface area (Å²) < 4.78 is 13.6. The van der Waals surface area contributed by atoms with Gasteiger partial charge in [-0.05, 0) is 12.7 Å². The summed E-state index contributed by atoms with van der Waals surface area (Å²) in [7, 11) is 0. The van der Waals surface area contributed by atoms with Gasteiger partial charge in [0.25, 0.3) is 5.88 Å². The molecule has 0 saturated carbocycles. The predicted molar refractivity (Wildman–Crippen MR) is 52.1 cm³/mol. The van der Waals surface area contributed by atoms with Gasteiger partial charge in [-0.15, -0.1) is 16.1 Å². The molecule has 0 saturated heterocycles. The molecule has 3 nitrogen and oxygen atoms in total. The SMILES string of the molecule is CCCCOc1nsnc1SC. The van der Waals surface area contributed by atoms with Gasteiger partial charge in [-0.1, -0.05) is 13.3 Å². The summed E-state index contributed by atoms with van der Waals surface area (Å²) in [4.78, 5) is 0. The Morgan fingerprint density at radius 2 is 2.33 bits per heavy atom. The maximum absolute atomic E-state index is 5.42. The number of ether oxygens (including phenoxy) is 1. The molecule has 0 spiro atoms. The molecule has 68 valence electrons. The fraction of sp³-hybridized carbons (Fsp3) is 0.714. The molecular weight excluding hydrogens is 192 g/mol. The first-order valence-electron chi connectivity index (χ1n) is 3.87. The van der Waals surface area contributed by atoms with E-state index in [2.05, 4.69) is 15.7 Å². The smallest absolute Gasteiger partial charge is 0.260 e. The zero-order valence-corrected chi connectivity index (χ0v) is 8.87. The van der Waals surface area contributed by atoms with Crippen LogP contribution in [0, 0.1) is 0 Å². The first-order chi connectivity index (χ1) is 5.88. The Morgan fingerprint density at radius 1 is 1.50 bits per heavy atom. The Hall–Kier alpha value is -0.290. The van der Waals surface area contributed by atoms with Crippen LogP contribution in [0.2, 0.25) is 0 Å². The van der Waals surface area contributed by atoms with E-state index in [9.17, 15) is 0 Å². The van der Waals surface area contributed by atoms with Crippen LogP contribution in [-0.2, 0) is 0 Å². The highest BCUT2D eigenvalue weighted by Gasteiger charge is 2.06. The minimum absolute atomic E-state index is 0.695. The van der Waals surface area contributed by atoms with Crippen molar-refractivity contribution < 1.29 is 4.74 Å². The van der Waals surface area contributed by atoms with E-state index < -0.39 is 0 Å². The zero-order valence-electron chi connectivity index (χ0n) is 7.24. The van der Waals surface area contributed by atoms with Crippen LogP contribution in [0.5, 0.6) is 5.88 Å². The average molecular weight is 204 g/mol. The standard InChI is InChI=1S/C7H12N2OS2/c1-3-4-5-10-6-7(11-2)9-12-8-6/h3-5H2,1-2H3. The van der Waals surface area contributed by atoms with Crippen LogP contribution in [0.4, 0.5) is 0 Å². The molecule has 0 bridgehead atoms. The molecular formula is C7H12N2OS2. The first-order valence-corrected chi connectivity index (χ1v) is 5.83. The first kappa shape index (κ1) is 9.80. The summed E-state index contributed by atoms with van der Waals surface area (Å²) in [5.74, 6) is 0.695. The van der Waals surface area contributed by atoms with E-state index in [-0.39, 0.29) is 0 Å². The quantitative estimate of drug-likeness (QED) is 0.545. The Morgan fingerprint density at radius 3 is 3.00 bits per heavy atom. The van der Waals surface area contributed by atoms with E-state index in [4.69, 9.17) is 4.74 Å². The predicted octanol–water partition coefficient (Wildman–Crippen LogP) is 2.44. The van der Waals surface area contributed by atoms with Crippen molar-refractivity contribution >= 4 is 23.5 Å². The summed E-state index contributed by atoms with van der Waals surface area (Å²) in [6, 6.07) is 0. The monoisotopic (exact) mass is 204 g/mol. The Labute approximate surface area is 80.9 Å². The lowest BCUT2D eigenvalue weighted by molar-refractivity contribution is 0.292. The van der Waals surface area contributed by atoms with Crippen LogP contribution >= 0.6 is 23.5 Å². The number of thioether (sulfide) groups is 1. The molecule has 1 aromatic rings. The normalized spacial score (nSPS) is 10.2. The van der Waals surface area contributed by atoms with Crippen LogP contribution < -0.4 is 4.74 Å². The molecule has 1 rings (SSSR count). The molecule has 0 aliphatic heterocycles. The molecule has 0 aromatic carbocycles. The van der Waals surface area contributed by atoms with Crippen molar-refractivity contribution in [2.45, 2.75) is 24.8 Å². The van der Waals surface area contributed by atoms with Crippen molar-refractivity contribution in [2.24, 2.45) is 0 Å². The zero-order chi connectivity index (χ0) is 8.81. The lowest BCUT2D eigenvalue weighted by Crippen LogP contribution is -1.97. The third kappa shape index (κ3) is 2.64. The molecule has 5 heteroatoms. The lowest BCUT2D eigenvalue weighted by atomic mass is 10.4. The van der Waals surface area contributed by atoms with Gasteiger partial charge < -0.3 is 4.74 Å². The van der Waals surface area contributed by atoms with Crippen LogP contribution in [0.3, 0.4) is 0 Å². The van der Waals surface area contributed by atoms with E-state index in [1.54, 1.807) is 11.8 Å².